The van der Waals surface area contributed by atoms with Crippen LogP contribution in [0, 0.1) is 6.14 Å². The maximum atomic E-state index is 11.3. The maximum absolute atomic E-state index is 11.3. The molecule has 0 aliphatic carbocycles. The van der Waals surface area contributed by atoms with E-state index < -0.39 is 6.14 Å². The third kappa shape index (κ3) is 0.357. The van der Waals surface area contributed by atoms with Crippen molar-refractivity contribution in [3.63, 3.8) is 0 Å². The molecule has 3 nitrogen and oxygen atoms in total. The molecule has 1 aromatic heterocycles. The summed E-state index contributed by atoms with van der Waals surface area (Å²) < 4.78 is 15.3. The quantitative estimate of drug-likeness (QED) is 0.455. The van der Waals surface area contributed by atoms with Gasteiger partial charge in [-0.1, -0.05) is 5.10 Å². The van der Waals surface area contributed by atoms with Crippen LogP contribution in [-0.4, -0.2) is 10.2 Å². The zero-order valence-electron chi connectivity index (χ0n) is 2.76. The van der Waals surface area contributed by atoms with Crippen LogP contribution >= 0.6 is 0 Å². The molecule has 1 rings (SSSR count). The van der Waals surface area contributed by atoms with Crippen molar-refractivity contribution >= 4 is 0 Å². The molecule has 0 saturated heterocycles. The lowest BCUT2D eigenvalue weighted by Crippen LogP contribution is -1.66. The summed E-state index contributed by atoms with van der Waals surface area (Å²) in [5.74, 6) is 0. The molecular formula is C2HFN2O. The van der Waals surface area contributed by atoms with Crippen molar-refractivity contribution in [1.82, 2.24) is 10.2 Å². The van der Waals surface area contributed by atoms with E-state index in [4.69, 9.17) is 0 Å². The molecule has 0 saturated carbocycles. The molecule has 0 aromatic carbocycles. The summed E-state index contributed by atoms with van der Waals surface area (Å²) in [4.78, 5) is 0. The summed E-state index contributed by atoms with van der Waals surface area (Å²) in [5, 5.41) is 5.86. The van der Waals surface area contributed by atoms with Crippen LogP contribution in [-0.2, 0) is 0 Å². The molecule has 4 heteroatoms. The smallest absolute Gasteiger partial charge is 0.402 e. The molecule has 0 amide bonds. The Labute approximate surface area is 32.8 Å². The average Bonchev–Trinajstić information content (AvgIpc) is 1.86. The summed E-state index contributed by atoms with van der Waals surface area (Å²) in [6, 6.07) is 0. The van der Waals surface area contributed by atoms with Gasteiger partial charge in [-0.15, -0.1) is 9.49 Å². The molecule has 1 heterocycles. The van der Waals surface area contributed by atoms with Gasteiger partial charge in [-0.25, -0.2) is 0 Å². The van der Waals surface area contributed by atoms with Gasteiger partial charge in [-0.05, 0) is 0 Å². The Morgan fingerprint density at radius 2 is 2.67 bits per heavy atom. The fourth-order valence-corrected chi connectivity index (χ4v) is 0.160. The fraction of sp³-hybridized carbons (Fsp3) is 0. The summed E-state index contributed by atoms with van der Waals surface area (Å²) in [6.45, 7) is 0. The van der Waals surface area contributed by atoms with Gasteiger partial charge in [0, 0.05) is 0 Å². The van der Waals surface area contributed by atoms with Gasteiger partial charge in [0.2, 0.25) is 6.39 Å². The summed E-state index contributed by atoms with van der Waals surface area (Å²) in [5.41, 5.74) is 0. The van der Waals surface area contributed by atoms with Crippen LogP contribution in [0.5, 0.6) is 0 Å². The Hall–Kier alpha value is -0.930. The lowest BCUT2D eigenvalue weighted by molar-refractivity contribution is 0.336. The van der Waals surface area contributed by atoms with E-state index in [0.29, 0.717) is 0 Å². The summed E-state index contributed by atoms with van der Waals surface area (Å²) >= 11 is 0. The first-order valence-corrected chi connectivity index (χ1v) is 1.31. The van der Waals surface area contributed by atoms with Crippen LogP contribution in [0.2, 0.25) is 0 Å². The normalized spacial score (nSPS) is 8.83. The molecule has 0 atom stereocenters. The monoisotopic (exact) mass is 88.0 g/mol. The van der Waals surface area contributed by atoms with Crippen LogP contribution in [0.25, 0.3) is 0 Å². The van der Waals surface area contributed by atoms with Crippen LogP contribution in [0.15, 0.2) is 10.8 Å². The van der Waals surface area contributed by atoms with Gasteiger partial charge in [-0.2, -0.15) is 0 Å². The Morgan fingerprint density at radius 3 is 2.83 bits per heavy atom. The molecule has 0 fully saturated rings. The van der Waals surface area contributed by atoms with Crippen molar-refractivity contribution in [3.8, 4) is 0 Å². The van der Waals surface area contributed by atoms with Crippen molar-refractivity contribution in [3.05, 3.63) is 12.5 Å². The van der Waals surface area contributed by atoms with Gasteiger partial charge < -0.3 is 4.42 Å². The van der Waals surface area contributed by atoms with Crippen LogP contribution in [0.3, 0.4) is 0 Å². The lowest BCUT2D eigenvalue weighted by atomic mass is 11.4. The van der Waals surface area contributed by atoms with E-state index in [9.17, 15) is 4.39 Å². The molecule has 0 N–H and O–H groups in total. The first kappa shape index (κ1) is 3.27. The largest absolute Gasteiger partial charge is 0.402 e. The van der Waals surface area contributed by atoms with Gasteiger partial charge >= 0.3 is 6.14 Å². The zero-order valence-corrected chi connectivity index (χ0v) is 2.76. The Bertz CT molecular complexity index is 115. The Balaban J connectivity index is 3.05. The van der Waals surface area contributed by atoms with E-state index in [-0.39, 0.29) is 0 Å². The van der Waals surface area contributed by atoms with Crippen LogP contribution in [0.1, 0.15) is 0 Å². The van der Waals surface area contributed by atoms with Gasteiger partial charge in [-0.3, -0.25) is 0 Å². The molecule has 0 aliphatic rings. The second-order valence-corrected chi connectivity index (χ2v) is 0.692. The van der Waals surface area contributed by atoms with Crippen molar-refractivity contribution in [2.75, 3.05) is 0 Å². The average molecular weight is 88.0 g/mol. The summed E-state index contributed by atoms with van der Waals surface area (Å²) in [6.07, 6.45) is 0.0324. The minimum Gasteiger partial charge on any atom is -0.402 e. The van der Waals surface area contributed by atoms with E-state index in [1.807, 2.05) is 0 Å². The number of nitrogens with zero attached hydrogens (tertiary/aromatic N) is 2. The molecule has 0 unspecified atom stereocenters. The van der Waals surface area contributed by atoms with Crippen molar-refractivity contribution < 1.29 is 8.81 Å². The molecule has 0 radical (unpaired) electrons. The van der Waals surface area contributed by atoms with E-state index in [2.05, 4.69) is 14.6 Å². The highest BCUT2D eigenvalue weighted by molar-refractivity contribution is 4.37. The lowest BCUT2D eigenvalue weighted by Gasteiger charge is -1.58. The third-order valence-electron chi connectivity index (χ3n) is 0.333. The molecule has 32 valence electrons. The second-order valence-electron chi connectivity index (χ2n) is 0.692. The van der Waals surface area contributed by atoms with Gasteiger partial charge in [0.1, 0.15) is 0 Å². The number of rotatable bonds is 0. The van der Waals surface area contributed by atoms with Gasteiger partial charge in [0.05, 0.1) is 0 Å². The van der Waals surface area contributed by atoms with E-state index in [1.54, 1.807) is 0 Å². The van der Waals surface area contributed by atoms with E-state index in [1.165, 1.54) is 0 Å². The molecule has 0 spiro atoms. The van der Waals surface area contributed by atoms with Crippen molar-refractivity contribution in [2.24, 2.45) is 0 Å². The highest BCUT2D eigenvalue weighted by Gasteiger charge is 1.85. The minimum atomic E-state index is -0.894. The highest BCUT2D eigenvalue weighted by atomic mass is 19.1. The first-order valence-electron chi connectivity index (χ1n) is 1.31. The van der Waals surface area contributed by atoms with Crippen LogP contribution in [0.4, 0.5) is 4.39 Å². The second kappa shape index (κ2) is 1.04. The molecule has 1 aromatic rings. The molecule has 6 heavy (non-hydrogen) atoms. The standard InChI is InChI=1S/C2HFN2O/c3-2-5-4-1-6-2/h1H. The van der Waals surface area contributed by atoms with Crippen molar-refractivity contribution in [1.29, 1.82) is 0 Å². The number of hydrogen-bond acceptors (Lipinski definition) is 3. The SMILES string of the molecule is Fc1nnco1. The maximum Gasteiger partial charge on any atom is 0.402 e. The molecule has 0 aliphatic heterocycles. The molecule has 0 bridgehead atoms. The predicted octanol–water partition coefficient (Wildman–Crippen LogP) is 0.209. The van der Waals surface area contributed by atoms with Gasteiger partial charge in [0.25, 0.3) is 0 Å². The van der Waals surface area contributed by atoms with Crippen molar-refractivity contribution in [2.45, 2.75) is 0 Å². The third-order valence-corrected chi connectivity index (χ3v) is 0.333. The van der Waals surface area contributed by atoms with E-state index in [0.717, 1.165) is 6.39 Å². The number of halogens is 1. The van der Waals surface area contributed by atoms with E-state index >= 15 is 0 Å². The molecular weight excluding hydrogens is 87.0 g/mol. The Kier molecular flexibility index (Phi) is 0.567. The van der Waals surface area contributed by atoms with Crippen LogP contribution < -0.4 is 0 Å². The number of hydrogen-bond donors (Lipinski definition) is 0. The predicted molar refractivity (Wildman–Crippen MR) is 14.3 cm³/mol. The topological polar surface area (TPSA) is 38.9 Å². The highest BCUT2D eigenvalue weighted by Crippen LogP contribution is 1.82. The summed E-state index contributed by atoms with van der Waals surface area (Å²) in [7, 11) is 0. The zero-order chi connectivity index (χ0) is 4.41. The Morgan fingerprint density at radius 1 is 1.83 bits per heavy atom. The fourth-order valence-electron chi connectivity index (χ4n) is 0.160. The minimum absolute atomic E-state index is 0.894. The van der Waals surface area contributed by atoms with Gasteiger partial charge in [0.15, 0.2) is 0 Å². The number of aromatic nitrogens is 2. The first-order chi connectivity index (χ1) is 2.89.